The summed E-state index contributed by atoms with van der Waals surface area (Å²) < 4.78 is 43.7. The van der Waals surface area contributed by atoms with Gasteiger partial charge in [-0.2, -0.15) is 13.2 Å². The maximum atomic E-state index is 12.7. The van der Waals surface area contributed by atoms with Crippen LogP contribution in [-0.2, 0) is 17.5 Å². The zero-order valence-electron chi connectivity index (χ0n) is 12.8. The van der Waals surface area contributed by atoms with E-state index in [1.54, 1.807) is 6.07 Å². The normalized spacial score (nSPS) is 17.8. The number of ether oxygens (including phenoxy) is 1. The predicted octanol–water partition coefficient (Wildman–Crippen LogP) is 2.91. The molecule has 0 radical (unpaired) electrons. The van der Waals surface area contributed by atoms with E-state index in [1.807, 2.05) is 7.05 Å². The van der Waals surface area contributed by atoms with Gasteiger partial charge >= 0.3 is 6.18 Å². The van der Waals surface area contributed by atoms with Crippen LogP contribution in [0, 0.1) is 0 Å². The van der Waals surface area contributed by atoms with Crippen LogP contribution in [0.15, 0.2) is 24.3 Å². The van der Waals surface area contributed by atoms with Gasteiger partial charge in [-0.1, -0.05) is 12.1 Å². The van der Waals surface area contributed by atoms with Crippen molar-refractivity contribution in [3.63, 3.8) is 0 Å². The molecule has 0 unspecified atom stereocenters. The highest BCUT2D eigenvalue weighted by molar-refractivity contribution is 5.25. The van der Waals surface area contributed by atoms with Crippen molar-refractivity contribution >= 4 is 0 Å². The second kappa shape index (κ2) is 7.94. The molecule has 1 N–H and O–H groups in total. The highest BCUT2D eigenvalue weighted by Crippen LogP contribution is 2.29. The second-order valence-corrected chi connectivity index (χ2v) is 5.65. The monoisotopic (exact) mass is 316 g/mol. The third kappa shape index (κ3) is 5.26. The minimum Gasteiger partial charge on any atom is -0.373 e. The first-order valence-electron chi connectivity index (χ1n) is 7.63. The molecule has 0 amide bonds. The van der Waals surface area contributed by atoms with Gasteiger partial charge in [0.15, 0.2) is 0 Å². The van der Waals surface area contributed by atoms with Gasteiger partial charge in [0.25, 0.3) is 0 Å². The number of hydrogen-bond acceptors (Lipinski definition) is 3. The van der Waals surface area contributed by atoms with Gasteiger partial charge in [0, 0.05) is 26.2 Å². The van der Waals surface area contributed by atoms with Gasteiger partial charge in [0.1, 0.15) is 0 Å². The van der Waals surface area contributed by atoms with E-state index in [0.717, 1.165) is 45.1 Å². The lowest BCUT2D eigenvalue weighted by molar-refractivity contribution is -0.137. The molecular weight excluding hydrogens is 293 g/mol. The number of hydrogen-bond donors (Lipinski definition) is 1. The van der Waals surface area contributed by atoms with Crippen LogP contribution in [0.1, 0.15) is 24.0 Å². The van der Waals surface area contributed by atoms with E-state index in [-0.39, 0.29) is 12.7 Å². The quantitative estimate of drug-likeness (QED) is 0.873. The fourth-order valence-electron chi connectivity index (χ4n) is 2.62. The van der Waals surface area contributed by atoms with Crippen LogP contribution in [0.3, 0.4) is 0 Å². The van der Waals surface area contributed by atoms with E-state index in [4.69, 9.17) is 4.74 Å². The second-order valence-electron chi connectivity index (χ2n) is 5.65. The van der Waals surface area contributed by atoms with Gasteiger partial charge < -0.3 is 15.0 Å². The summed E-state index contributed by atoms with van der Waals surface area (Å²) in [6.45, 7) is 4.20. The predicted molar refractivity (Wildman–Crippen MR) is 79.6 cm³/mol. The Bertz CT molecular complexity index is 457. The summed E-state index contributed by atoms with van der Waals surface area (Å²) in [7, 11) is 1.94. The number of benzene rings is 1. The maximum absolute atomic E-state index is 12.7. The van der Waals surface area contributed by atoms with Gasteiger partial charge in [-0.25, -0.2) is 0 Å². The van der Waals surface area contributed by atoms with E-state index in [1.165, 1.54) is 12.1 Å². The molecule has 0 saturated carbocycles. The number of nitrogens with zero attached hydrogens (tertiary/aromatic N) is 1. The van der Waals surface area contributed by atoms with Gasteiger partial charge in [0.05, 0.1) is 18.3 Å². The number of piperidine rings is 1. The molecule has 0 spiro atoms. The summed E-state index contributed by atoms with van der Waals surface area (Å²) in [6.07, 6.45) is -2.29. The van der Waals surface area contributed by atoms with Crippen molar-refractivity contribution in [3.8, 4) is 0 Å². The average Bonchev–Trinajstić information content (AvgIpc) is 2.51. The minimum atomic E-state index is -4.30. The van der Waals surface area contributed by atoms with Crippen LogP contribution in [0.2, 0.25) is 0 Å². The molecule has 2 rings (SSSR count). The molecule has 0 aliphatic carbocycles. The lowest BCUT2D eigenvalue weighted by atomic mass is 10.1. The fraction of sp³-hybridized carbons (Fsp3) is 0.625. The third-order valence-electron chi connectivity index (χ3n) is 3.95. The van der Waals surface area contributed by atoms with Crippen molar-refractivity contribution in [2.75, 3.05) is 33.2 Å². The number of likely N-dealkylation sites (N-methyl/N-ethyl adjacent to an activating group) is 1. The fourth-order valence-corrected chi connectivity index (χ4v) is 2.62. The molecule has 1 aromatic carbocycles. The highest BCUT2D eigenvalue weighted by Gasteiger charge is 2.30. The first-order valence-corrected chi connectivity index (χ1v) is 7.63. The largest absolute Gasteiger partial charge is 0.416 e. The molecule has 124 valence electrons. The molecule has 1 aromatic rings. The molecule has 0 bridgehead atoms. The van der Waals surface area contributed by atoms with Gasteiger partial charge in [-0.05, 0) is 37.6 Å². The van der Waals surface area contributed by atoms with Gasteiger partial charge in [0.2, 0.25) is 0 Å². The van der Waals surface area contributed by atoms with E-state index in [9.17, 15) is 13.2 Å². The number of likely N-dealkylation sites (tertiary alicyclic amines) is 1. The summed E-state index contributed by atoms with van der Waals surface area (Å²) in [5, 5.41) is 3.13. The van der Waals surface area contributed by atoms with Crippen LogP contribution in [-0.4, -0.2) is 44.2 Å². The lowest BCUT2D eigenvalue weighted by Gasteiger charge is -2.31. The van der Waals surface area contributed by atoms with E-state index in [0.29, 0.717) is 5.56 Å². The first-order chi connectivity index (χ1) is 10.5. The molecule has 1 saturated heterocycles. The average molecular weight is 316 g/mol. The topological polar surface area (TPSA) is 24.5 Å². The Morgan fingerprint density at radius 1 is 1.27 bits per heavy atom. The first kappa shape index (κ1) is 17.2. The molecule has 1 aliphatic heterocycles. The van der Waals surface area contributed by atoms with E-state index >= 15 is 0 Å². The summed E-state index contributed by atoms with van der Waals surface area (Å²) in [5.74, 6) is 0. The zero-order chi connectivity index (χ0) is 16.0. The lowest BCUT2D eigenvalue weighted by Crippen LogP contribution is -2.40. The van der Waals surface area contributed by atoms with Crippen LogP contribution < -0.4 is 5.32 Å². The van der Waals surface area contributed by atoms with Crippen LogP contribution >= 0.6 is 0 Å². The molecule has 1 fully saturated rings. The van der Waals surface area contributed by atoms with Crippen molar-refractivity contribution < 1.29 is 17.9 Å². The molecule has 0 atom stereocenters. The van der Waals surface area contributed by atoms with Crippen LogP contribution in [0.4, 0.5) is 13.2 Å². The van der Waals surface area contributed by atoms with Crippen molar-refractivity contribution in [1.82, 2.24) is 10.2 Å². The smallest absolute Gasteiger partial charge is 0.373 e. The van der Waals surface area contributed by atoms with Crippen molar-refractivity contribution in [2.45, 2.75) is 31.7 Å². The summed E-state index contributed by atoms with van der Waals surface area (Å²) in [5.41, 5.74) is -0.0390. The maximum Gasteiger partial charge on any atom is 0.416 e. The van der Waals surface area contributed by atoms with E-state index in [2.05, 4.69) is 10.2 Å². The minimum absolute atomic E-state index is 0.139. The van der Waals surface area contributed by atoms with Crippen molar-refractivity contribution in [3.05, 3.63) is 35.4 Å². The standard InChI is InChI=1S/C16H23F3N2O/c1-20-7-10-21-8-5-15(6-9-21)22-12-13-3-2-4-14(11-13)16(17,18)19/h2-4,11,15,20H,5-10,12H2,1H3. The molecule has 22 heavy (non-hydrogen) atoms. The Kier molecular flexibility index (Phi) is 6.23. The number of rotatable bonds is 6. The van der Waals surface area contributed by atoms with Crippen molar-refractivity contribution in [2.24, 2.45) is 0 Å². The Labute approximate surface area is 129 Å². The number of alkyl halides is 3. The van der Waals surface area contributed by atoms with E-state index < -0.39 is 11.7 Å². The number of halogens is 3. The third-order valence-corrected chi connectivity index (χ3v) is 3.95. The Morgan fingerprint density at radius 3 is 2.64 bits per heavy atom. The summed E-state index contributed by atoms with van der Waals surface area (Å²) in [4.78, 5) is 2.38. The van der Waals surface area contributed by atoms with Crippen molar-refractivity contribution in [1.29, 1.82) is 0 Å². The Hall–Kier alpha value is -1.11. The molecule has 6 heteroatoms. The summed E-state index contributed by atoms with van der Waals surface area (Å²) >= 11 is 0. The van der Waals surface area contributed by atoms with Gasteiger partial charge in [-0.15, -0.1) is 0 Å². The molecule has 3 nitrogen and oxygen atoms in total. The van der Waals surface area contributed by atoms with Crippen LogP contribution in [0.25, 0.3) is 0 Å². The molecular formula is C16H23F3N2O. The van der Waals surface area contributed by atoms with Crippen LogP contribution in [0.5, 0.6) is 0 Å². The molecule has 1 aliphatic rings. The highest BCUT2D eigenvalue weighted by atomic mass is 19.4. The Morgan fingerprint density at radius 2 is 2.00 bits per heavy atom. The number of nitrogens with one attached hydrogen (secondary N) is 1. The molecule has 0 aromatic heterocycles. The Balaban J connectivity index is 1.77. The summed E-state index contributed by atoms with van der Waals surface area (Å²) in [6, 6.07) is 5.37. The zero-order valence-corrected chi connectivity index (χ0v) is 12.8. The molecule has 1 heterocycles. The van der Waals surface area contributed by atoms with Gasteiger partial charge in [-0.3, -0.25) is 0 Å². The SMILES string of the molecule is CNCCN1CCC(OCc2cccc(C(F)(F)F)c2)CC1.